The number of aliphatic hydroxyl groups is 1. The van der Waals surface area contributed by atoms with Gasteiger partial charge in [-0.25, -0.2) is 0 Å². The van der Waals surface area contributed by atoms with Crippen molar-refractivity contribution in [3.05, 3.63) is 23.5 Å². The van der Waals surface area contributed by atoms with Crippen LogP contribution in [0.3, 0.4) is 0 Å². The van der Waals surface area contributed by atoms with Gasteiger partial charge in [-0.1, -0.05) is 27.7 Å². The summed E-state index contributed by atoms with van der Waals surface area (Å²) in [5.74, 6) is -0.145. The van der Waals surface area contributed by atoms with Gasteiger partial charge < -0.3 is 15.4 Å². The van der Waals surface area contributed by atoms with Gasteiger partial charge in [0, 0.05) is 12.0 Å². The molecule has 1 aromatic heterocycles. The summed E-state index contributed by atoms with van der Waals surface area (Å²) in [6.45, 7) is 8.07. The summed E-state index contributed by atoms with van der Waals surface area (Å²) in [6, 6.07) is 5.06. The maximum atomic E-state index is 11.9. The fourth-order valence-electron chi connectivity index (χ4n) is 2.00. The van der Waals surface area contributed by atoms with Crippen LogP contribution in [0, 0.1) is 22.7 Å². The number of carbonyl (C=O) groups excluding carboxylic acids is 1. The number of nitrogens with zero attached hydrogens (tertiary/aromatic N) is 1. The smallest absolute Gasteiger partial charge is 0.267 e. The van der Waals surface area contributed by atoms with Crippen molar-refractivity contribution in [3.8, 4) is 6.07 Å². The second-order valence-electron chi connectivity index (χ2n) is 5.76. The first-order chi connectivity index (χ1) is 8.77. The zero-order valence-electron chi connectivity index (χ0n) is 11.8. The summed E-state index contributed by atoms with van der Waals surface area (Å²) in [4.78, 5) is 14.6. The third kappa shape index (κ3) is 3.83. The van der Waals surface area contributed by atoms with Gasteiger partial charge in [-0.15, -0.1) is 0 Å². The molecule has 1 rings (SSSR count). The van der Waals surface area contributed by atoms with Crippen LogP contribution in [-0.4, -0.2) is 28.6 Å². The molecule has 0 spiro atoms. The highest BCUT2D eigenvalue weighted by Crippen LogP contribution is 2.25. The van der Waals surface area contributed by atoms with Crippen LogP contribution in [-0.2, 0) is 0 Å². The fraction of sp³-hybridized carbons (Fsp3) is 0.571. The lowest BCUT2D eigenvalue weighted by molar-refractivity contribution is 0.0138. The van der Waals surface area contributed by atoms with Gasteiger partial charge in [0.2, 0.25) is 0 Å². The first kappa shape index (κ1) is 15.3. The van der Waals surface area contributed by atoms with Crippen molar-refractivity contribution >= 4 is 5.91 Å². The predicted octanol–water partition coefficient (Wildman–Crippen LogP) is 1.66. The van der Waals surface area contributed by atoms with E-state index in [2.05, 4.69) is 10.3 Å². The van der Waals surface area contributed by atoms with Crippen LogP contribution in [0.4, 0.5) is 0 Å². The van der Waals surface area contributed by atoms with Gasteiger partial charge >= 0.3 is 0 Å². The van der Waals surface area contributed by atoms with E-state index in [0.717, 1.165) is 0 Å². The lowest BCUT2D eigenvalue weighted by atomic mass is 9.80. The Morgan fingerprint density at radius 1 is 1.53 bits per heavy atom. The molecule has 0 bridgehead atoms. The van der Waals surface area contributed by atoms with Crippen LogP contribution in [0.1, 0.15) is 43.9 Å². The molecule has 1 atom stereocenters. The zero-order valence-corrected chi connectivity index (χ0v) is 11.8. The van der Waals surface area contributed by atoms with Crippen molar-refractivity contribution in [1.29, 1.82) is 5.26 Å². The van der Waals surface area contributed by atoms with Crippen LogP contribution in [0.5, 0.6) is 0 Å². The standard InChI is InChI=1S/C14H21N3O2/c1-9(2)12(18)14(3,4)8-16-13(19)11-6-5-10(7-15)17-11/h5-6,9,12,17-18H,8H2,1-4H3,(H,16,19). The third-order valence-electron chi connectivity index (χ3n) is 3.19. The largest absolute Gasteiger partial charge is 0.392 e. The van der Waals surface area contributed by atoms with Crippen molar-refractivity contribution < 1.29 is 9.90 Å². The minimum Gasteiger partial charge on any atom is -0.392 e. The summed E-state index contributed by atoms with van der Waals surface area (Å²) >= 11 is 0. The van der Waals surface area contributed by atoms with E-state index in [4.69, 9.17) is 5.26 Å². The van der Waals surface area contributed by atoms with Crippen molar-refractivity contribution in [2.45, 2.75) is 33.8 Å². The fourth-order valence-corrected chi connectivity index (χ4v) is 2.00. The van der Waals surface area contributed by atoms with E-state index in [1.165, 1.54) is 0 Å². The van der Waals surface area contributed by atoms with Crippen molar-refractivity contribution in [3.63, 3.8) is 0 Å². The minimum atomic E-state index is -0.494. The van der Waals surface area contributed by atoms with Crippen LogP contribution < -0.4 is 5.32 Å². The zero-order chi connectivity index (χ0) is 14.6. The van der Waals surface area contributed by atoms with Crippen molar-refractivity contribution in [2.24, 2.45) is 11.3 Å². The highest BCUT2D eigenvalue weighted by molar-refractivity contribution is 5.92. The number of hydrogen-bond acceptors (Lipinski definition) is 3. The van der Waals surface area contributed by atoms with E-state index in [0.29, 0.717) is 17.9 Å². The number of aromatic amines is 1. The number of H-pyrrole nitrogens is 1. The van der Waals surface area contributed by atoms with Crippen LogP contribution >= 0.6 is 0 Å². The number of hydrogen-bond donors (Lipinski definition) is 3. The number of carbonyl (C=O) groups is 1. The Labute approximate surface area is 113 Å². The Bertz CT molecular complexity index is 483. The van der Waals surface area contributed by atoms with E-state index in [9.17, 15) is 9.90 Å². The molecule has 1 amide bonds. The number of nitrogens with one attached hydrogen (secondary N) is 2. The quantitative estimate of drug-likeness (QED) is 0.754. The maximum Gasteiger partial charge on any atom is 0.267 e. The molecular weight excluding hydrogens is 242 g/mol. The SMILES string of the molecule is CC(C)C(O)C(C)(C)CNC(=O)c1ccc(C#N)[nH]1. The minimum absolute atomic E-state index is 0.127. The number of aliphatic hydroxyl groups excluding tert-OH is 1. The Hall–Kier alpha value is -1.80. The summed E-state index contributed by atoms with van der Waals surface area (Å²) in [5, 5.41) is 21.5. The van der Waals surface area contributed by atoms with Crippen LogP contribution in [0.25, 0.3) is 0 Å². The molecule has 1 aromatic rings. The normalized spacial score (nSPS) is 13.1. The number of amides is 1. The summed E-state index contributed by atoms with van der Waals surface area (Å²) in [5.41, 5.74) is 0.298. The Morgan fingerprint density at radius 2 is 2.16 bits per heavy atom. The molecule has 1 heterocycles. The van der Waals surface area contributed by atoms with E-state index < -0.39 is 11.5 Å². The van der Waals surface area contributed by atoms with E-state index >= 15 is 0 Å². The maximum absolute atomic E-state index is 11.9. The average molecular weight is 263 g/mol. The molecule has 0 aromatic carbocycles. The van der Waals surface area contributed by atoms with Gasteiger partial charge in [0.25, 0.3) is 5.91 Å². The molecule has 0 aliphatic carbocycles. The molecule has 5 heteroatoms. The topological polar surface area (TPSA) is 88.9 Å². The molecule has 1 unspecified atom stereocenters. The van der Waals surface area contributed by atoms with Crippen molar-refractivity contribution in [2.75, 3.05) is 6.54 Å². The molecule has 0 saturated heterocycles. The van der Waals surface area contributed by atoms with Gasteiger partial charge in [0.1, 0.15) is 17.5 Å². The summed E-state index contributed by atoms with van der Waals surface area (Å²) < 4.78 is 0. The van der Waals surface area contributed by atoms with Crippen LogP contribution in [0.15, 0.2) is 12.1 Å². The monoisotopic (exact) mass is 263 g/mol. The molecule has 5 nitrogen and oxygen atoms in total. The lowest BCUT2D eigenvalue weighted by Gasteiger charge is -2.33. The first-order valence-electron chi connectivity index (χ1n) is 6.33. The molecule has 0 saturated carbocycles. The molecule has 0 radical (unpaired) electrons. The van der Waals surface area contributed by atoms with Gasteiger partial charge in [-0.2, -0.15) is 5.26 Å². The average Bonchev–Trinajstić information content (AvgIpc) is 2.83. The number of aromatic nitrogens is 1. The summed E-state index contributed by atoms with van der Waals surface area (Å²) in [6.07, 6.45) is -0.494. The molecule has 0 aliphatic heterocycles. The van der Waals surface area contributed by atoms with Gasteiger partial charge in [0.15, 0.2) is 0 Å². The molecule has 0 fully saturated rings. The lowest BCUT2D eigenvalue weighted by Crippen LogP contribution is -2.43. The molecular formula is C14H21N3O2. The van der Waals surface area contributed by atoms with Gasteiger partial charge in [-0.3, -0.25) is 4.79 Å². The first-order valence-corrected chi connectivity index (χ1v) is 6.33. The Kier molecular flexibility index (Phi) is 4.73. The summed E-state index contributed by atoms with van der Waals surface area (Å²) in [7, 11) is 0. The molecule has 3 N–H and O–H groups in total. The van der Waals surface area contributed by atoms with E-state index in [1.807, 2.05) is 33.8 Å². The molecule has 19 heavy (non-hydrogen) atoms. The van der Waals surface area contributed by atoms with Gasteiger partial charge in [-0.05, 0) is 18.1 Å². The highest BCUT2D eigenvalue weighted by Gasteiger charge is 2.30. The predicted molar refractivity (Wildman–Crippen MR) is 72.5 cm³/mol. The highest BCUT2D eigenvalue weighted by atomic mass is 16.3. The molecule has 0 aliphatic rings. The van der Waals surface area contributed by atoms with Crippen LogP contribution in [0.2, 0.25) is 0 Å². The van der Waals surface area contributed by atoms with Crippen molar-refractivity contribution in [1.82, 2.24) is 10.3 Å². The van der Waals surface area contributed by atoms with E-state index in [1.54, 1.807) is 12.1 Å². The van der Waals surface area contributed by atoms with E-state index in [-0.39, 0.29) is 11.8 Å². The Morgan fingerprint density at radius 3 is 2.63 bits per heavy atom. The molecule has 104 valence electrons. The van der Waals surface area contributed by atoms with Gasteiger partial charge in [0.05, 0.1) is 6.10 Å². The second-order valence-corrected chi connectivity index (χ2v) is 5.76. The second kappa shape index (κ2) is 5.89. The third-order valence-corrected chi connectivity index (χ3v) is 3.19. The Balaban J connectivity index is 2.61. The number of rotatable bonds is 5. The number of nitriles is 1.